The summed E-state index contributed by atoms with van der Waals surface area (Å²) >= 11 is 1.12. The molecule has 2 aromatic rings. The summed E-state index contributed by atoms with van der Waals surface area (Å²) in [4.78, 5) is 27.3. The van der Waals surface area contributed by atoms with Crippen molar-refractivity contribution in [3.8, 4) is 0 Å². The molecule has 0 aliphatic heterocycles. The van der Waals surface area contributed by atoms with Gasteiger partial charge in [-0.2, -0.15) is 5.10 Å². The SMILES string of the molecule is CN(C)c1ccc(NC(=O)CSc2nncc(=O)[nH]2)cc1. The number of carbonyl (C=O) groups is 1. The van der Waals surface area contributed by atoms with Crippen molar-refractivity contribution in [1.29, 1.82) is 0 Å². The summed E-state index contributed by atoms with van der Waals surface area (Å²) in [5, 5.41) is 10.3. The van der Waals surface area contributed by atoms with Crippen molar-refractivity contribution < 1.29 is 4.79 Å². The van der Waals surface area contributed by atoms with Crippen LogP contribution in [0.25, 0.3) is 0 Å². The minimum Gasteiger partial charge on any atom is -0.378 e. The van der Waals surface area contributed by atoms with Gasteiger partial charge in [-0.15, -0.1) is 5.10 Å². The number of aromatic amines is 1. The molecule has 0 aliphatic carbocycles. The molecule has 1 aromatic heterocycles. The molecule has 1 heterocycles. The molecule has 0 saturated heterocycles. The largest absolute Gasteiger partial charge is 0.378 e. The fraction of sp³-hybridized carbons (Fsp3) is 0.231. The molecule has 110 valence electrons. The Balaban J connectivity index is 1.88. The van der Waals surface area contributed by atoms with Crippen molar-refractivity contribution in [1.82, 2.24) is 15.2 Å². The maximum Gasteiger partial charge on any atom is 0.270 e. The van der Waals surface area contributed by atoms with Crippen LogP contribution in [0.2, 0.25) is 0 Å². The topological polar surface area (TPSA) is 91.0 Å². The molecule has 0 unspecified atom stereocenters. The Kier molecular flexibility index (Phi) is 4.94. The highest BCUT2D eigenvalue weighted by Crippen LogP contribution is 2.16. The van der Waals surface area contributed by atoms with Crippen LogP contribution in [0, 0.1) is 0 Å². The zero-order valence-corrected chi connectivity index (χ0v) is 12.5. The minimum absolute atomic E-state index is 0.143. The minimum atomic E-state index is -0.341. The van der Waals surface area contributed by atoms with Crippen LogP contribution >= 0.6 is 11.8 Å². The number of benzene rings is 1. The Labute approximate surface area is 125 Å². The van der Waals surface area contributed by atoms with Gasteiger partial charge in [0.05, 0.1) is 5.75 Å². The van der Waals surface area contributed by atoms with E-state index in [4.69, 9.17) is 0 Å². The van der Waals surface area contributed by atoms with Crippen molar-refractivity contribution in [2.45, 2.75) is 5.16 Å². The Hall–Kier alpha value is -2.35. The lowest BCUT2D eigenvalue weighted by Gasteiger charge is -2.12. The van der Waals surface area contributed by atoms with E-state index in [0.29, 0.717) is 5.16 Å². The number of carbonyl (C=O) groups excluding carboxylic acids is 1. The molecular formula is C13H15N5O2S. The highest BCUT2D eigenvalue weighted by atomic mass is 32.2. The third-order valence-electron chi connectivity index (χ3n) is 2.56. The summed E-state index contributed by atoms with van der Waals surface area (Å²) in [5.74, 6) is -0.0338. The second-order valence-corrected chi connectivity index (χ2v) is 5.38. The quantitative estimate of drug-likeness (QED) is 0.800. The molecule has 1 aromatic carbocycles. The van der Waals surface area contributed by atoms with Gasteiger partial charge in [0, 0.05) is 25.5 Å². The van der Waals surface area contributed by atoms with Crippen molar-refractivity contribution in [2.24, 2.45) is 0 Å². The number of nitrogens with zero attached hydrogens (tertiary/aromatic N) is 3. The molecule has 0 saturated carbocycles. The molecule has 0 aliphatic rings. The van der Waals surface area contributed by atoms with Gasteiger partial charge in [-0.3, -0.25) is 14.6 Å². The normalized spacial score (nSPS) is 10.2. The Morgan fingerprint density at radius 2 is 2.05 bits per heavy atom. The van der Waals surface area contributed by atoms with Gasteiger partial charge < -0.3 is 10.2 Å². The van der Waals surface area contributed by atoms with Gasteiger partial charge in [0.2, 0.25) is 5.91 Å². The number of anilines is 2. The van der Waals surface area contributed by atoms with Gasteiger partial charge in [-0.25, -0.2) is 0 Å². The molecule has 0 radical (unpaired) electrons. The summed E-state index contributed by atoms with van der Waals surface area (Å²) in [6.07, 6.45) is 1.08. The molecule has 0 spiro atoms. The summed E-state index contributed by atoms with van der Waals surface area (Å²) in [6.45, 7) is 0. The summed E-state index contributed by atoms with van der Waals surface area (Å²) in [6, 6.07) is 7.51. The number of aromatic nitrogens is 3. The van der Waals surface area contributed by atoms with Crippen LogP contribution in [0.3, 0.4) is 0 Å². The third-order valence-corrected chi connectivity index (χ3v) is 3.42. The van der Waals surface area contributed by atoms with E-state index in [9.17, 15) is 9.59 Å². The van der Waals surface area contributed by atoms with Gasteiger partial charge in [0.25, 0.3) is 5.56 Å². The number of thioether (sulfide) groups is 1. The smallest absolute Gasteiger partial charge is 0.270 e. The molecule has 2 rings (SSSR count). The first kappa shape index (κ1) is 15.0. The van der Waals surface area contributed by atoms with E-state index >= 15 is 0 Å². The van der Waals surface area contributed by atoms with Crippen LogP contribution in [0.1, 0.15) is 0 Å². The Bertz CT molecular complexity index is 669. The summed E-state index contributed by atoms with van der Waals surface area (Å²) < 4.78 is 0. The number of rotatable bonds is 5. The van der Waals surface area contributed by atoms with Crippen LogP contribution in [0.15, 0.2) is 40.4 Å². The standard InChI is InChI=1S/C13H15N5O2S/c1-18(2)10-5-3-9(4-6-10)15-12(20)8-21-13-16-11(19)7-14-17-13/h3-7H,8H2,1-2H3,(H,15,20)(H,16,17,19). The van der Waals surface area contributed by atoms with Crippen LogP contribution in [-0.2, 0) is 4.79 Å². The molecule has 2 N–H and O–H groups in total. The van der Waals surface area contributed by atoms with Crippen LogP contribution in [0.4, 0.5) is 11.4 Å². The van der Waals surface area contributed by atoms with E-state index in [1.165, 1.54) is 0 Å². The van der Waals surface area contributed by atoms with E-state index in [-0.39, 0.29) is 17.2 Å². The highest BCUT2D eigenvalue weighted by Gasteiger charge is 2.06. The third kappa shape index (κ3) is 4.60. The highest BCUT2D eigenvalue weighted by molar-refractivity contribution is 7.99. The van der Waals surface area contributed by atoms with Gasteiger partial charge in [-0.05, 0) is 24.3 Å². The lowest BCUT2D eigenvalue weighted by molar-refractivity contribution is -0.113. The van der Waals surface area contributed by atoms with Gasteiger partial charge in [0.1, 0.15) is 6.20 Å². The number of hydrogen-bond donors (Lipinski definition) is 2. The van der Waals surface area contributed by atoms with Crippen LogP contribution in [-0.4, -0.2) is 40.9 Å². The van der Waals surface area contributed by atoms with E-state index in [0.717, 1.165) is 29.3 Å². The Morgan fingerprint density at radius 3 is 2.67 bits per heavy atom. The van der Waals surface area contributed by atoms with E-state index in [1.807, 2.05) is 43.3 Å². The van der Waals surface area contributed by atoms with E-state index < -0.39 is 0 Å². The van der Waals surface area contributed by atoms with Gasteiger partial charge in [0.15, 0.2) is 5.16 Å². The fourth-order valence-electron chi connectivity index (χ4n) is 1.54. The molecular weight excluding hydrogens is 290 g/mol. The average Bonchev–Trinajstić information content (AvgIpc) is 2.46. The lowest BCUT2D eigenvalue weighted by Crippen LogP contribution is -2.15. The van der Waals surface area contributed by atoms with Gasteiger partial charge >= 0.3 is 0 Å². The maximum absolute atomic E-state index is 11.8. The van der Waals surface area contributed by atoms with E-state index in [1.54, 1.807) is 0 Å². The lowest BCUT2D eigenvalue weighted by atomic mass is 10.2. The average molecular weight is 305 g/mol. The summed E-state index contributed by atoms with van der Waals surface area (Å²) in [7, 11) is 3.90. The first-order valence-corrected chi connectivity index (χ1v) is 7.15. The predicted octanol–water partition coefficient (Wildman–Crippen LogP) is 0.962. The van der Waals surface area contributed by atoms with Crippen LogP contribution in [0.5, 0.6) is 0 Å². The van der Waals surface area contributed by atoms with Crippen LogP contribution < -0.4 is 15.8 Å². The second-order valence-electron chi connectivity index (χ2n) is 4.42. The first-order valence-electron chi connectivity index (χ1n) is 6.16. The van der Waals surface area contributed by atoms with Crippen molar-refractivity contribution >= 4 is 29.0 Å². The second kappa shape index (κ2) is 6.89. The fourth-order valence-corrected chi connectivity index (χ4v) is 2.15. The molecule has 1 amide bonds. The molecule has 0 atom stereocenters. The molecule has 8 heteroatoms. The summed E-state index contributed by atoms with van der Waals surface area (Å²) in [5.41, 5.74) is 1.44. The van der Waals surface area contributed by atoms with Crippen molar-refractivity contribution in [2.75, 3.05) is 30.1 Å². The van der Waals surface area contributed by atoms with Crippen molar-refractivity contribution in [3.63, 3.8) is 0 Å². The zero-order valence-electron chi connectivity index (χ0n) is 11.7. The maximum atomic E-state index is 11.8. The molecule has 21 heavy (non-hydrogen) atoms. The van der Waals surface area contributed by atoms with Gasteiger partial charge in [-0.1, -0.05) is 11.8 Å². The number of nitrogens with one attached hydrogen (secondary N) is 2. The van der Waals surface area contributed by atoms with Crippen molar-refractivity contribution in [3.05, 3.63) is 40.8 Å². The number of H-pyrrole nitrogens is 1. The predicted molar refractivity (Wildman–Crippen MR) is 82.8 cm³/mol. The number of amides is 1. The monoisotopic (exact) mass is 305 g/mol. The molecule has 0 bridgehead atoms. The Morgan fingerprint density at radius 1 is 1.33 bits per heavy atom. The number of hydrogen-bond acceptors (Lipinski definition) is 6. The molecule has 7 nitrogen and oxygen atoms in total. The van der Waals surface area contributed by atoms with E-state index in [2.05, 4.69) is 20.5 Å². The first-order chi connectivity index (χ1) is 10.0. The zero-order chi connectivity index (χ0) is 15.2. The molecule has 0 fully saturated rings.